The lowest BCUT2D eigenvalue weighted by molar-refractivity contribution is -0.116. The average Bonchev–Trinajstić information content (AvgIpc) is 2.49. The Hall–Kier alpha value is -2.63. The van der Waals surface area contributed by atoms with Crippen LogP contribution in [0, 0.1) is 0 Å². The maximum Gasteiger partial charge on any atom is 0.328 e. The summed E-state index contributed by atoms with van der Waals surface area (Å²) in [7, 11) is 0. The van der Waals surface area contributed by atoms with E-state index < -0.39 is 11.2 Å². The summed E-state index contributed by atoms with van der Waals surface area (Å²) >= 11 is 0. The van der Waals surface area contributed by atoms with Gasteiger partial charge in [-0.1, -0.05) is 25.5 Å². The van der Waals surface area contributed by atoms with E-state index in [9.17, 15) is 14.4 Å². The van der Waals surface area contributed by atoms with Gasteiger partial charge in [-0.25, -0.2) is 4.79 Å². The molecule has 6 heteroatoms. The van der Waals surface area contributed by atoms with Gasteiger partial charge >= 0.3 is 5.69 Å². The lowest BCUT2D eigenvalue weighted by atomic mass is 10.1. The summed E-state index contributed by atoms with van der Waals surface area (Å²) in [6.07, 6.45) is 4.61. The second kappa shape index (κ2) is 7.40. The Bertz CT molecular complexity index is 744. The highest BCUT2D eigenvalue weighted by Gasteiger charge is 2.05. The molecule has 0 fully saturated rings. The van der Waals surface area contributed by atoms with E-state index in [1.54, 1.807) is 0 Å². The number of hydrogen-bond acceptors (Lipinski definition) is 3. The monoisotopic (exact) mass is 301 g/mol. The lowest BCUT2D eigenvalue weighted by Crippen LogP contribution is -2.32. The van der Waals surface area contributed by atoms with Crippen molar-refractivity contribution in [2.75, 3.05) is 5.32 Å². The van der Waals surface area contributed by atoms with E-state index in [1.165, 1.54) is 17.8 Å². The van der Waals surface area contributed by atoms with Gasteiger partial charge in [0.2, 0.25) is 5.91 Å². The minimum Gasteiger partial charge on any atom is -0.325 e. The Morgan fingerprint density at radius 1 is 1.18 bits per heavy atom. The fraction of sp³-hybridized carbons (Fsp3) is 0.312. The van der Waals surface area contributed by atoms with Gasteiger partial charge in [0.1, 0.15) is 6.54 Å². The Kier molecular flexibility index (Phi) is 5.30. The van der Waals surface area contributed by atoms with Gasteiger partial charge in [0, 0.05) is 18.0 Å². The molecule has 0 aliphatic heterocycles. The van der Waals surface area contributed by atoms with E-state index in [2.05, 4.69) is 17.2 Å². The van der Waals surface area contributed by atoms with Gasteiger partial charge < -0.3 is 5.32 Å². The van der Waals surface area contributed by atoms with E-state index in [0.717, 1.165) is 23.8 Å². The zero-order chi connectivity index (χ0) is 15.9. The molecule has 0 aliphatic carbocycles. The molecule has 0 bridgehead atoms. The van der Waals surface area contributed by atoms with Crippen molar-refractivity contribution in [3.05, 3.63) is 62.9 Å². The third-order valence-corrected chi connectivity index (χ3v) is 3.27. The summed E-state index contributed by atoms with van der Waals surface area (Å²) in [5.41, 5.74) is 0.835. The number of aromatic nitrogens is 2. The molecular formula is C16H19N3O3. The van der Waals surface area contributed by atoms with Crippen LogP contribution in [0.25, 0.3) is 0 Å². The maximum atomic E-state index is 11.9. The van der Waals surface area contributed by atoms with Crippen LogP contribution in [0.15, 0.2) is 46.1 Å². The molecule has 0 radical (unpaired) electrons. The second-order valence-corrected chi connectivity index (χ2v) is 5.09. The minimum absolute atomic E-state index is 0.146. The predicted molar refractivity (Wildman–Crippen MR) is 85.0 cm³/mol. The SMILES string of the molecule is CCCCc1ccc(NC(=O)Cn2ccc(=O)[nH]c2=O)cc1. The van der Waals surface area contributed by atoms with Crippen molar-refractivity contribution in [3.63, 3.8) is 0 Å². The van der Waals surface area contributed by atoms with Crippen molar-refractivity contribution < 1.29 is 4.79 Å². The summed E-state index contributed by atoms with van der Waals surface area (Å²) < 4.78 is 1.15. The topological polar surface area (TPSA) is 84.0 Å². The molecule has 22 heavy (non-hydrogen) atoms. The number of aromatic amines is 1. The summed E-state index contributed by atoms with van der Waals surface area (Å²) in [5, 5.41) is 2.72. The number of unbranched alkanes of at least 4 members (excludes halogenated alkanes) is 1. The summed E-state index contributed by atoms with van der Waals surface area (Å²) in [4.78, 5) is 36.5. The van der Waals surface area contributed by atoms with E-state index in [1.807, 2.05) is 24.3 Å². The van der Waals surface area contributed by atoms with Crippen LogP contribution in [0.5, 0.6) is 0 Å². The van der Waals surface area contributed by atoms with Gasteiger partial charge in [0.05, 0.1) is 0 Å². The van der Waals surface area contributed by atoms with Crippen molar-refractivity contribution in [1.82, 2.24) is 9.55 Å². The lowest BCUT2D eigenvalue weighted by Gasteiger charge is -2.07. The van der Waals surface area contributed by atoms with Crippen molar-refractivity contribution >= 4 is 11.6 Å². The third kappa shape index (κ3) is 4.44. The molecule has 116 valence electrons. The first-order valence-corrected chi connectivity index (χ1v) is 7.27. The molecule has 0 unspecified atom stereocenters. The van der Waals surface area contributed by atoms with Crippen molar-refractivity contribution in [2.45, 2.75) is 32.7 Å². The predicted octanol–water partition coefficient (Wildman–Crippen LogP) is 1.52. The quantitative estimate of drug-likeness (QED) is 0.848. The first-order chi connectivity index (χ1) is 10.6. The zero-order valence-corrected chi connectivity index (χ0v) is 12.5. The highest BCUT2D eigenvalue weighted by Crippen LogP contribution is 2.11. The third-order valence-electron chi connectivity index (χ3n) is 3.27. The number of hydrogen-bond donors (Lipinski definition) is 2. The number of carbonyl (C=O) groups excluding carboxylic acids is 1. The van der Waals surface area contributed by atoms with Crippen LogP contribution >= 0.6 is 0 Å². The van der Waals surface area contributed by atoms with Crippen molar-refractivity contribution in [1.29, 1.82) is 0 Å². The summed E-state index contributed by atoms with van der Waals surface area (Å²) in [6, 6.07) is 8.86. The van der Waals surface area contributed by atoms with Crippen LogP contribution in [-0.2, 0) is 17.8 Å². The first-order valence-electron chi connectivity index (χ1n) is 7.27. The molecule has 2 N–H and O–H groups in total. The molecule has 1 amide bonds. The molecular weight excluding hydrogens is 282 g/mol. The number of aryl methyl sites for hydroxylation is 1. The van der Waals surface area contributed by atoms with E-state index in [-0.39, 0.29) is 12.5 Å². The fourth-order valence-corrected chi connectivity index (χ4v) is 2.06. The number of rotatable bonds is 6. The van der Waals surface area contributed by atoms with Crippen LogP contribution < -0.4 is 16.6 Å². The van der Waals surface area contributed by atoms with Gasteiger partial charge in [0.25, 0.3) is 5.56 Å². The Morgan fingerprint density at radius 3 is 2.55 bits per heavy atom. The second-order valence-electron chi connectivity index (χ2n) is 5.09. The zero-order valence-electron chi connectivity index (χ0n) is 12.5. The maximum absolute atomic E-state index is 11.9. The largest absolute Gasteiger partial charge is 0.328 e. The van der Waals surface area contributed by atoms with Crippen molar-refractivity contribution in [2.24, 2.45) is 0 Å². The number of nitrogens with zero attached hydrogens (tertiary/aromatic N) is 1. The van der Waals surface area contributed by atoms with Crippen LogP contribution in [0.3, 0.4) is 0 Å². The van der Waals surface area contributed by atoms with Gasteiger partial charge in [-0.05, 0) is 30.5 Å². The molecule has 1 aromatic carbocycles. The van der Waals surface area contributed by atoms with Crippen LogP contribution in [0.1, 0.15) is 25.3 Å². The van der Waals surface area contributed by atoms with Crippen LogP contribution in [0.2, 0.25) is 0 Å². The minimum atomic E-state index is -0.599. The number of benzene rings is 1. The van der Waals surface area contributed by atoms with Crippen LogP contribution in [0.4, 0.5) is 5.69 Å². The molecule has 0 aliphatic rings. The van der Waals surface area contributed by atoms with Gasteiger partial charge in [-0.3, -0.25) is 19.1 Å². The number of anilines is 1. The highest BCUT2D eigenvalue weighted by atomic mass is 16.2. The summed E-state index contributed by atoms with van der Waals surface area (Å²) in [5.74, 6) is -0.324. The summed E-state index contributed by atoms with van der Waals surface area (Å²) in [6.45, 7) is 2.00. The van der Waals surface area contributed by atoms with Gasteiger partial charge in [-0.15, -0.1) is 0 Å². The molecule has 1 heterocycles. The molecule has 2 rings (SSSR count). The van der Waals surface area contributed by atoms with Gasteiger partial charge in [-0.2, -0.15) is 0 Å². The number of H-pyrrole nitrogens is 1. The molecule has 6 nitrogen and oxygen atoms in total. The van der Waals surface area contributed by atoms with Crippen LogP contribution in [-0.4, -0.2) is 15.5 Å². The molecule has 0 saturated heterocycles. The first kappa shape index (κ1) is 15.8. The average molecular weight is 301 g/mol. The normalized spacial score (nSPS) is 10.4. The molecule has 0 saturated carbocycles. The fourth-order valence-electron chi connectivity index (χ4n) is 2.06. The number of amides is 1. The van der Waals surface area contributed by atoms with E-state index >= 15 is 0 Å². The Morgan fingerprint density at radius 2 is 1.91 bits per heavy atom. The standard InChI is InChI=1S/C16H19N3O3/c1-2-3-4-12-5-7-13(8-6-12)17-15(21)11-19-10-9-14(20)18-16(19)22/h5-10H,2-4,11H2,1H3,(H,17,21)(H,18,20,22). The van der Waals surface area contributed by atoms with E-state index in [0.29, 0.717) is 5.69 Å². The smallest absolute Gasteiger partial charge is 0.325 e. The Labute approximate surface area is 127 Å². The highest BCUT2D eigenvalue weighted by molar-refractivity contribution is 5.90. The number of nitrogens with one attached hydrogen (secondary N) is 2. The Balaban J connectivity index is 1.96. The molecule has 2 aromatic rings. The molecule has 0 atom stereocenters. The molecule has 1 aromatic heterocycles. The number of carbonyl (C=O) groups is 1. The molecule has 0 spiro atoms. The van der Waals surface area contributed by atoms with Gasteiger partial charge in [0.15, 0.2) is 0 Å². The van der Waals surface area contributed by atoms with Crippen molar-refractivity contribution in [3.8, 4) is 0 Å². The van der Waals surface area contributed by atoms with E-state index in [4.69, 9.17) is 0 Å².